The van der Waals surface area contributed by atoms with Crippen LogP contribution in [0.2, 0.25) is 0 Å². The summed E-state index contributed by atoms with van der Waals surface area (Å²) >= 11 is 1.66. The molecule has 30 heavy (non-hydrogen) atoms. The molecule has 1 N–H and O–H groups in total. The Bertz CT molecular complexity index is 1240. The number of nitrogens with one attached hydrogen (secondary N) is 1. The lowest BCUT2D eigenvalue weighted by Crippen LogP contribution is -2.28. The summed E-state index contributed by atoms with van der Waals surface area (Å²) in [6.45, 7) is 4.36. The summed E-state index contributed by atoms with van der Waals surface area (Å²) in [5.74, 6) is 0. The summed E-state index contributed by atoms with van der Waals surface area (Å²) < 4.78 is 0. The number of allylic oxidation sites excluding steroid dienone is 1. The lowest BCUT2D eigenvalue weighted by atomic mass is 9.86. The largest absolute Gasteiger partial charge is 0.360 e. The predicted octanol–water partition coefficient (Wildman–Crippen LogP) is 6.06. The number of thioether (sulfide) groups is 1. The first kappa shape index (κ1) is 19.8. The fraction of sp³-hybridized carbons (Fsp3) is 0.160. The topological polar surface area (TPSA) is 72.0 Å². The molecule has 1 aliphatic heterocycles. The summed E-state index contributed by atoms with van der Waals surface area (Å²) in [6.07, 6.45) is 2.33. The number of nitrogens with zero attached hydrogens (tertiary/aromatic N) is 3. The number of fused-ring (bicyclic) bond motifs is 3. The third-order valence-corrected chi connectivity index (χ3v) is 5.99. The van der Waals surface area contributed by atoms with Crippen molar-refractivity contribution < 1.29 is 0 Å². The third-order valence-electron chi connectivity index (χ3n) is 4.98. The van der Waals surface area contributed by atoms with Gasteiger partial charge in [-0.3, -0.25) is 4.99 Å². The lowest BCUT2D eigenvalue weighted by molar-refractivity contribution is 0.517. The van der Waals surface area contributed by atoms with Crippen LogP contribution in [0.15, 0.2) is 82.3 Å². The average Bonchev–Trinajstić information content (AvgIpc) is 2.75. The van der Waals surface area contributed by atoms with Crippen LogP contribution >= 0.6 is 11.8 Å². The molecule has 4 rings (SSSR count). The van der Waals surface area contributed by atoms with Gasteiger partial charge in [-0.15, -0.1) is 0 Å². The number of nitriles is 2. The molecule has 0 saturated heterocycles. The Labute approximate surface area is 180 Å². The van der Waals surface area contributed by atoms with Gasteiger partial charge in [-0.2, -0.15) is 10.5 Å². The van der Waals surface area contributed by atoms with Crippen LogP contribution < -0.4 is 5.32 Å². The van der Waals surface area contributed by atoms with E-state index < -0.39 is 0 Å². The van der Waals surface area contributed by atoms with Crippen molar-refractivity contribution in [3.05, 3.63) is 83.6 Å². The number of benzene rings is 3. The maximum atomic E-state index is 8.82. The third kappa shape index (κ3) is 4.08. The number of rotatable bonds is 3. The molecule has 0 radical (unpaired) electrons. The zero-order valence-electron chi connectivity index (χ0n) is 16.8. The van der Waals surface area contributed by atoms with Crippen LogP contribution in [-0.4, -0.2) is 10.6 Å². The van der Waals surface area contributed by atoms with Crippen LogP contribution in [0.4, 0.5) is 5.69 Å². The van der Waals surface area contributed by atoms with Gasteiger partial charge in [0.2, 0.25) is 0 Å². The van der Waals surface area contributed by atoms with E-state index in [-0.39, 0.29) is 11.1 Å². The van der Waals surface area contributed by atoms with Gasteiger partial charge in [-0.1, -0.05) is 48.2 Å². The van der Waals surface area contributed by atoms with Crippen molar-refractivity contribution in [2.45, 2.75) is 30.7 Å². The Balaban J connectivity index is 1.63. The molecular weight excluding hydrogens is 388 g/mol. The van der Waals surface area contributed by atoms with Crippen LogP contribution in [-0.2, 0) is 6.42 Å². The van der Waals surface area contributed by atoms with Gasteiger partial charge < -0.3 is 5.32 Å². The molecule has 0 aromatic heterocycles. The fourth-order valence-electron chi connectivity index (χ4n) is 3.59. The molecule has 0 unspecified atom stereocenters. The molecule has 4 nitrogen and oxygen atoms in total. The second-order valence-corrected chi connectivity index (χ2v) is 8.83. The maximum absolute atomic E-state index is 8.82. The first-order chi connectivity index (χ1) is 14.5. The smallest absolute Gasteiger partial charge is 0.145 e. The molecule has 0 atom stereocenters. The van der Waals surface area contributed by atoms with Gasteiger partial charge in [-0.05, 0) is 60.9 Å². The van der Waals surface area contributed by atoms with E-state index >= 15 is 0 Å². The van der Waals surface area contributed by atoms with Gasteiger partial charge in [-0.25, -0.2) is 0 Å². The number of hydrogen-bond donors (Lipinski definition) is 1. The van der Waals surface area contributed by atoms with E-state index in [1.165, 1.54) is 28.1 Å². The Hall–Kier alpha value is -3.54. The molecule has 0 fully saturated rings. The molecule has 0 saturated carbocycles. The summed E-state index contributed by atoms with van der Waals surface area (Å²) in [7, 11) is 0. The first-order valence-electron chi connectivity index (χ1n) is 9.65. The van der Waals surface area contributed by atoms with Gasteiger partial charge in [0.25, 0.3) is 0 Å². The van der Waals surface area contributed by atoms with Crippen LogP contribution in [0.25, 0.3) is 10.8 Å². The second kappa shape index (κ2) is 8.06. The minimum absolute atomic E-state index is 0.0380. The highest BCUT2D eigenvalue weighted by molar-refractivity contribution is 8.14. The molecule has 5 heteroatoms. The molecule has 146 valence electrons. The van der Waals surface area contributed by atoms with Crippen molar-refractivity contribution in [1.82, 2.24) is 0 Å². The SMILES string of the molecule is CC1(C)Cc2c(ccc3ccccc23)C(Sc2ccc(NC=C(C#N)C#N)cc2)=N1. The number of hydrogen-bond acceptors (Lipinski definition) is 5. The Morgan fingerprint density at radius 1 is 1.03 bits per heavy atom. The molecule has 3 aromatic rings. The highest BCUT2D eigenvalue weighted by Crippen LogP contribution is 2.37. The van der Waals surface area contributed by atoms with Crippen molar-refractivity contribution in [2.75, 3.05) is 5.32 Å². The van der Waals surface area contributed by atoms with Gasteiger partial charge in [0.1, 0.15) is 22.8 Å². The minimum Gasteiger partial charge on any atom is -0.360 e. The zero-order chi connectivity index (χ0) is 21.1. The van der Waals surface area contributed by atoms with Gasteiger partial charge in [0, 0.05) is 22.3 Å². The van der Waals surface area contributed by atoms with Gasteiger partial charge in [0.05, 0.1) is 5.54 Å². The summed E-state index contributed by atoms with van der Waals surface area (Å²) in [5, 5.41) is 24.2. The molecule has 1 heterocycles. The zero-order valence-corrected chi connectivity index (χ0v) is 17.6. The standard InChI is InChI=1S/C25H20N4S/c1-25(2)13-23-21-6-4-3-5-18(21)7-12-22(23)24(29-25)30-20-10-8-19(9-11-20)28-16-17(14-26)15-27/h3-12,16,28H,13H2,1-2H3. The molecule has 1 aliphatic rings. The Morgan fingerprint density at radius 2 is 1.77 bits per heavy atom. The highest BCUT2D eigenvalue weighted by atomic mass is 32.2. The van der Waals surface area contributed by atoms with E-state index in [1.807, 2.05) is 36.4 Å². The molecule has 0 spiro atoms. The van der Waals surface area contributed by atoms with Crippen LogP contribution in [0.3, 0.4) is 0 Å². The van der Waals surface area contributed by atoms with Gasteiger partial charge in [0.15, 0.2) is 0 Å². The van der Waals surface area contributed by atoms with Crippen molar-refractivity contribution in [2.24, 2.45) is 4.99 Å². The minimum atomic E-state index is -0.156. The summed E-state index contributed by atoms with van der Waals surface area (Å²) in [6, 6.07) is 24.5. The van der Waals surface area contributed by atoms with E-state index in [1.54, 1.807) is 11.8 Å². The summed E-state index contributed by atoms with van der Waals surface area (Å²) in [5.41, 5.74) is 3.27. The van der Waals surface area contributed by atoms with Crippen molar-refractivity contribution >= 4 is 33.3 Å². The monoisotopic (exact) mass is 408 g/mol. The van der Waals surface area contributed by atoms with Crippen molar-refractivity contribution in [3.8, 4) is 12.1 Å². The normalized spacial score (nSPS) is 14.1. The van der Waals surface area contributed by atoms with E-state index in [0.717, 1.165) is 22.0 Å². The molecule has 3 aromatic carbocycles. The van der Waals surface area contributed by atoms with E-state index in [4.69, 9.17) is 15.5 Å². The summed E-state index contributed by atoms with van der Waals surface area (Å²) in [4.78, 5) is 6.13. The van der Waals surface area contributed by atoms with Gasteiger partial charge >= 0.3 is 0 Å². The van der Waals surface area contributed by atoms with Crippen LogP contribution in [0, 0.1) is 22.7 Å². The van der Waals surface area contributed by atoms with Crippen molar-refractivity contribution in [1.29, 1.82) is 10.5 Å². The number of aliphatic imine (C=N–C) groups is 1. The first-order valence-corrected chi connectivity index (χ1v) is 10.5. The average molecular weight is 409 g/mol. The number of anilines is 1. The molecule has 0 amide bonds. The van der Waals surface area contributed by atoms with E-state index in [0.29, 0.717) is 0 Å². The maximum Gasteiger partial charge on any atom is 0.145 e. The second-order valence-electron chi connectivity index (χ2n) is 7.77. The van der Waals surface area contributed by atoms with Crippen molar-refractivity contribution in [3.63, 3.8) is 0 Å². The molecule has 0 bridgehead atoms. The fourth-order valence-corrected chi connectivity index (χ4v) is 4.68. The highest BCUT2D eigenvalue weighted by Gasteiger charge is 2.28. The van der Waals surface area contributed by atoms with Crippen LogP contribution in [0.5, 0.6) is 0 Å². The van der Waals surface area contributed by atoms with Crippen LogP contribution in [0.1, 0.15) is 25.0 Å². The molecule has 0 aliphatic carbocycles. The molecular formula is C25H20N4S. The van der Waals surface area contributed by atoms with E-state index in [9.17, 15) is 0 Å². The Kier molecular flexibility index (Phi) is 5.31. The lowest BCUT2D eigenvalue weighted by Gasteiger charge is -2.29. The van der Waals surface area contributed by atoms with E-state index in [2.05, 4.69) is 55.6 Å². The quantitative estimate of drug-likeness (QED) is 0.535. The predicted molar refractivity (Wildman–Crippen MR) is 123 cm³/mol. The Morgan fingerprint density at radius 3 is 2.50 bits per heavy atom.